The van der Waals surface area contributed by atoms with Crippen molar-refractivity contribution in [2.45, 2.75) is 56.1 Å². The van der Waals surface area contributed by atoms with Crippen molar-refractivity contribution in [2.24, 2.45) is 0 Å². The van der Waals surface area contributed by atoms with Gasteiger partial charge < -0.3 is 14.9 Å². The van der Waals surface area contributed by atoms with E-state index in [1.807, 2.05) is 25.1 Å². The average molecular weight is 445 g/mol. The number of fused-ring (bicyclic) bond motifs is 3. The van der Waals surface area contributed by atoms with Gasteiger partial charge in [-0.15, -0.1) is 0 Å². The van der Waals surface area contributed by atoms with E-state index in [1.54, 1.807) is 6.07 Å². The first-order valence-electron chi connectivity index (χ1n) is 12.3. The van der Waals surface area contributed by atoms with Crippen LogP contribution in [0, 0.1) is 0 Å². The van der Waals surface area contributed by atoms with E-state index in [0.29, 0.717) is 12.8 Å². The molecule has 5 heteroatoms. The highest BCUT2D eigenvalue weighted by atomic mass is 16.5. The quantitative estimate of drug-likeness (QED) is 0.587. The Labute approximate surface area is 195 Å². The molecule has 3 aromatic rings. The fourth-order valence-electron chi connectivity index (χ4n) is 6.88. The zero-order chi connectivity index (χ0) is 22.6. The van der Waals surface area contributed by atoms with Crippen LogP contribution < -0.4 is 0 Å². The first-order chi connectivity index (χ1) is 16.0. The Kier molecular flexibility index (Phi) is 4.98. The number of piperidine rings is 1. The van der Waals surface area contributed by atoms with Crippen molar-refractivity contribution in [1.82, 2.24) is 9.88 Å². The van der Waals surface area contributed by atoms with Gasteiger partial charge in [-0.25, -0.2) is 0 Å². The van der Waals surface area contributed by atoms with E-state index < -0.39 is 11.0 Å². The Hall–Kier alpha value is -2.47. The zero-order valence-corrected chi connectivity index (χ0v) is 19.3. The number of ether oxygens (including phenoxy) is 1. The number of phenols is 1. The summed E-state index contributed by atoms with van der Waals surface area (Å²) in [5, 5.41) is 24.1. The van der Waals surface area contributed by atoms with Gasteiger partial charge in [-0.2, -0.15) is 0 Å². The maximum absolute atomic E-state index is 12.6. The second-order valence-electron chi connectivity index (χ2n) is 10.0. The number of likely N-dealkylation sites (tertiary alicyclic amines) is 1. The van der Waals surface area contributed by atoms with Crippen LogP contribution >= 0.6 is 0 Å². The molecule has 3 atom stereocenters. The van der Waals surface area contributed by atoms with E-state index in [-0.39, 0.29) is 11.8 Å². The van der Waals surface area contributed by atoms with Gasteiger partial charge in [0, 0.05) is 55.1 Å². The van der Waals surface area contributed by atoms with Crippen molar-refractivity contribution in [3.63, 3.8) is 0 Å². The van der Waals surface area contributed by atoms with Crippen molar-refractivity contribution < 1.29 is 14.9 Å². The molecule has 0 amide bonds. The molecule has 2 bridgehead atoms. The number of nitrogens with zero attached hydrogens (tertiary/aromatic N) is 2. The lowest BCUT2D eigenvalue weighted by Crippen LogP contribution is -2.74. The minimum atomic E-state index is -0.894. The molecule has 33 heavy (non-hydrogen) atoms. The van der Waals surface area contributed by atoms with Gasteiger partial charge in [-0.3, -0.25) is 9.88 Å². The minimum absolute atomic E-state index is 0.0459. The minimum Gasteiger partial charge on any atom is -0.508 e. The summed E-state index contributed by atoms with van der Waals surface area (Å²) >= 11 is 0. The standard InChI is InChI=1S/C28H32N2O3/c1-2-33-13-5-11-30-12-10-27-18-25-21(14-20-6-3-4-7-24(20)29-25)17-28(27,32)26(30)15-19-8-9-22(31)16-23(19)27/h3-4,6-9,14,16,26,31-32H,2,5,10-13,15,17-18H2,1H3/t26-,27-,28-/m1/s1. The third-order valence-corrected chi connectivity index (χ3v) is 8.43. The van der Waals surface area contributed by atoms with Gasteiger partial charge in [0.05, 0.1) is 11.1 Å². The summed E-state index contributed by atoms with van der Waals surface area (Å²) in [7, 11) is 0. The van der Waals surface area contributed by atoms with E-state index in [2.05, 4.69) is 29.2 Å². The Morgan fingerprint density at radius 2 is 2.00 bits per heavy atom. The largest absolute Gasteiger partial charge is 0.508 e. The number of benzene rings is 2. The molecule has 6 rings (SSSR count). The lowest BCUT2D eigenvalue weighted by molar-refractivity contribution is -0.152. The number of aromatic hydroxyl groups is 1. The molecule has 1 fully saturated rings. The summed E-state index contributed by atoms with van der Waals surface area (Å²) in [6, 6.07) is 16.3. The van der Waals surface area contributed by atoms with Gasteiger partial charge in [0.15, 0.2) is 0 Å². The maximum Gasteiger partial charge on any atom is 0.115 e. The van der Waals surface area contributed by atoms with Crippen LogP contribution in [0.4, 0.5) is 0 Å². The fraction of sp³-hybridized carbons (Fsp3) is 0.464. The molecule has 0 radical (unpaired) electrons. The lowest BCUT2D eigenvalue weighted by atomic mass is 9.49. The maximum atomic E-state index is 12.6. The molecule has 2 aromatic carbocycles. The van der Waals surface area contributed by atoms with E-state index in [9.17, 15) is 10.2 Å². The number of hydrogen-bond donors (Lipinski definition) is 2. The second kappa shape index (κ2) is 7.79. The van der Waals surface area contributed by atoms with Crippen molar-refractivity contribution in [2.75, 3.05) is 26.3 Å². The number of pyridine rings is 1. The van der Waals surface area contributed by atoms with Gasteiger partial charge in [0.2, 0.25) is 0 Å². The van der Waals surface area contributed by atoms with Crippen LogP contribution in [-0.4, -0.2) is 58.0 Å². The number of aromatic nitrogens is 1. The number of hydrogen-bond acceptors (Lipinski definition) is 5. The van der Waals surface area contributed by atoms with Crippen molar-refractivity contribution in [3.8, 4) is 5.75 Å². The predicted octanol–water partition coefficient (Wildman–Crippen LogP) is 3.77. The molecule has 5 nitrogen and oxygen atoms in total. The number of aliphatic hydroxyl groups is 1. The van der Waals surface area contributed by atoms with Crippen LogP contribution in [0.3, 0.4) is 0 Å². The predicted molar refractivity (Wildman–Crippen MR) is 129 cm³/mol. The molecular formula is C28H32N2O3. The average Bonchev–Trinajstić information content (AvgIpc) is 2.80. The molecular weight excluding hydrogens is 412 g/mol. The van der Waals surface area contributed by atoms with Gasteiger partial charge in [0.25, 0.3) is 0 Å². The topological polar surface area (TPSA) is 65.8 Å². The Bertz CT molecular complexity index is 1210. The van der Waals surface area contributed by atoms with Crippen LogP contribution in [0.1, 0.15) is 42.1 Å². The molecule has 1 saturated heterocycles. The molecule has 172 valence electrons. The molecule has 1 aromatic heterocycles. The molecule has 2 heterocycles. The highest BCUT2D eigenvalue weighted by Crippen LogP contribution is 2.57. The molecule has 0 saturated carbocycles. The van der Waals surface area contributed by atoms with E-state index in [1.165, 1.54) is 5.56 Å². The number of phenolic OH excluding ortho intramolecular Hbond substituents is 1. The molecule has 1 aliphatic heterocycles. The molecule has 0 spiro atoms. The van der Waals surface area contributed by atoms with Gasteiger partial charge in [0.1, 0.15) is 5.75 Å². The summed E-state index contributed by atoms with van der Waals surface area (Å²) in [4.78, 5) is 7.55. The highest BCUT2D eigenvalue weighted by Gasteiger charge is 2.64. The fourth-order valence-corrected chi connectivity index (χ4v) is 6.88. The van der Waals surface area contributed by atoms with Gasteiger partial charge in [-0.1, -0.05) is 24.3 Å². The monoisotopic (exact) mass is 444 g/mol. The van der Waals surface area contributed by atoms with E-state index in [0.717, 1.165) is 73.3 Å². The molecule has 0 unspecified atom stereocenters. The summed E-state index contributed by atoms with van der Waals surface area (Å²) in [6.07, 6.45) is 3.95. The summed E-state index contributed by atoms with van der Waals surface area (Å²) in [5.74, 6) is 0.278. The number of para-hydroxylation sites is 1. The third-order valence-electron chi connectivity index (χ3n) is 8.43. The summed E-state index contributed by atoms with van der Waals surface area (Å²) in [5.41, 5.74) is 4.32. The Morgan fingerprint density at radius 3 is 2.88 bits per heavy atom. The molecule has 2 aliphatic carbocycles. The van der Waals surface area contributed by atoms with Gasteiger partial charge in [-0.05, 0) is 73.7 Å². The normalized spacial score (nSPS) is 28.2. The smallest absolute Gasteiger partial charge is 0.115 e. The van der Waals surface area contributed by atoms with Gasteiger partial charge >= 0.3 is 0 Å². The lowest BCUT2D eigenvalue weighted by Gasteiger charge is -2.63. The highest BCUT2D eigenvalue weighted by molar-refractivity contribution is 5.79. The van der Waals surface area contributed by atoms with Crippen LogP contribution in [0.25, 0.3) is 10.9 Å². The Morgan fingerprint density at radius 1 is 1.12 bits per heavy atom. The van der Waals surface area contributed by atoms with Crippen LogP contribution in [0.2, 0.25) is 0 Å². The van der Waals surface area contributed by atoms with E-state index >= 15 is 0 Å². The first kappa shape index (κ1) is 21.1. The third kappa shape index (κ3) is 3.13. The Balaban J connectivity index is 1.47. The molecule has 3 aliphatic rings. The first-order valence-corrected chi connectivity index (χ1v) is 12.3. The zero-order valence-electron chi connectivity index (χ0n) is 19.3. The second-order valence-corrected chi connectivity index (χ2v) is 10.0. The van der Waals surface area contributed by atoms with Crippen molar-refractivity contribution in [3.05, 3.63) is 70.9 Å². The van der Waals surface area contributed by atoms with Crippen LogP contribution in [0.5, 0.6) is 5.75 Å². The summed E-state index contributed by atoms with van der Waals surface area (Å²) < 4.78 is 5.59. The van der Waals surface area contributed by atoms with Crippen LogP contribution in [-0.2, 0) is 29.4 Å². The SMILES string of the molecule is CCOCCCN1CC[C@]23Cc4nc5ccccc5cc4C[C@@]2(O)[C@H]1Cc1ccc(O)cc13. The van der Waals surface area contributed by atoms with E-state index in [4.69, 9.17) is 9.72 Å². The van der Waals surface area contributed by atoms with Crippen molar-refractivity contribution in [1.29, 1.82) is 0 Å². The summed E-state index contributed by atoms with van der Waals surface area (Å²) in [6.45, 7) is 5.40. The number of rotatable bonds is 5. The van der Waals surface area contributed by atoms with Crippen LogP contribution in [0.15, 0.2) is 48.5 Å². The van der Waals surface area contributed by atoms with Crippen molar-refractivity contribution >= 4 is 10.9 Å². The molecule has 2 N–H and O–H groups in total.